The second-order valence-electron chi connectivity index (χ2n) is 6.70. The van der Waals surface area contributed by atoms with Crippen LogP contribution >= 0.6 is 27.7 Å². The molecule has 1 atom stereocenters. The van der Waals surface area contributed by atoms with Crippen molar-refractivity contribution in [2.75, 3.05) is 20.6 Å². The average molecular weight is 449 g/mol. The lowest BCUT2D eigenvalue weighted by Gasteiger charge is -2.17. The Morgan fingerprint density at radius 3 is 2.56 bits per heavy atom. The Hall–Kier alpha value is -1.83. The molecule has 142 valence electrons. The lowest BCUT2D eigenvalue weighted by molar-refractivity contribution is -0.112. The number of benzene rings is 1. The third-order valence-corrected chi connectivity index (χ3v) is 6.23. The van der Waals surface area contributed by atoms with Crippen molar-refractivity contribution in [3.05, 3.63) is 52.2 Å². The van der Waals surface area contributed by atoms with E-state index in [0.717, 1.165) is 10.2 Å². The quantitative estimate of drug-likeness (QED) is 0.539. The van der Waals surface area contributed by atoms with Crippen LogP contribution in [0.25, 0.3) is 11.6 Å². The van der Waals surface area contributed by atoms with Gasteiger partial charge in [0.05, 0.1) is 10.4 Å². The number of halogens is 1. The monoisotopic (exact) mass is 448 g/mol. The number of Topliss-reactive ketones (excluding diaryl/α,β-unsaturated/α-hetero) is 1. The molecule has 1 aromatic carbocycles. The first-order valence-electron chi connectivity index (χ1n) is 8.48. The fraction of sp³-hybridized carbons (Fsp3) is 0.300. The number of carboxylic acids is 1. The van der Waals surface area contributed by atoms with Crippen LogP contribution in [0.15, 0.2) is 35.2 Å². The molecule has 0 amide bonds. The van der Waals surface area contributed by atoms with E-state index >= 15 is 0 Å². The fourth-order valence-electron chi connectivity index (χ4n) is 3.30. The number of fused-ring (bicyclic) bond motifs is 1. The van der Waals surface area contributed by atoms with E-state index in [1.807, 2.05) is 60.9 Å². The van der Waals surface area contributed by atoms with Crippen molar-refractivity contribution in [2.24, 2.45) is 7.05 Å². The van der Waals surface area contributed by atoms with Crippen molar-refractivity contribution < 1.29 is 14.7 Å². The smallest absolute Gasteiger partial charge is 0.338 e. The minimum absolute atomic E-state index is 0.0773. The Bertz CT molecular complexity index is 1010. The van der Waals surface area contributed by atoms with Gasteiger partial charge in [-0.05, 0) is 32.3 Å². The number of thioether (sulfide) groups is 1. The summed E-state index contributed by atoms with van der Waals surface area (Å²) in [4.78, 5) is 27.4. The highest BCUT2D eigenvalue weighted by molar-refractivity contribution is 9.10. The van der Waals surface area contributed by atoms with Crippen molar-refractivity contribution in [3.63, 3.8) is 0 Å². The molecule has 0 saturated heterocycles. The van der Waals surface area contributed by atoms with Crippen LogP contribution in [0.1, 0.15) is 16.1 Å². The molecular formula is C20H21BrN2O3S. The van der Waals surface area contributed by atoms with Crippen LogP contribution in [0.2, 0.25) is 0 Å². The normalized spacial score (nSPS) is 16.4. The Labute approximate surface area is 170 Å². The van der Waals surface area contributed by atoms with Crippen molar-refractivity contribution in [1.82, 2.24) is 9.47 Å². The van der Waals surface area contributed by atoms with Gasteiger partial charge in [0.2, 0.25) is 0 Å². The molecule has 27 heavy (non-hydrogen) atoms. The number of carbonyl (C=O) groups is 2. The van der Waals surface area contributed by atoms with Gasteiger partial charge in [0.1, 0.15) is 0 Å². The number of aromatic carboxylic acids is 1. The summed E-state index contributed by atoms with van der Waals surface area (Å²) < 4.78 is 1.91. The van der Waals surface area contributed by atoms with E-state index in [2.05, 4.69) is 15.9 Å². The van der Waals surface area contributed by atoms with Gasteiger partial charge in [0, 0.05) is 46.1 Å². The van der Waals surface area contributed by atoms with Gasteiger partial charge in [-0.25, -0.2) is 4.79 Å². The van der Waals surface area contributed by atoms with Gasteiger partial charge in [-0.3, -0.25) is 4.79 Å². The molecule has 1 aliphatic carbocycles. The third-order valence-electron chi connectivity index (χ3n) is 4.52. The van der Waals surface area contributed by atoms with Gasteiger partial charge in [-0.1, -0.05) is 34.1 Å². The van der Waals surface area contributed by atoms with Crippen LogP contribution in [0, 0.1) is 0 Å². The molecule has 7 heteroatoms. The molecule has 0 aliphatic heterocycles. The molecule has 0 bridgehead atoms. The SMILES string of the molecule is CN(C)CC1=c2c(C(=O)O)c(CSc3ccccc3)n(C)c2=CC(Br)C1=O. The van der Waals surface area contributed by atoms with Gasteiger partial charge >= 0.3 is 5.97 Å². The summed E-state index contributed by atoms with van der Waals surface area (Å²) in [5, 5.41) is 11.3. The van der Waals surface area contributed by atoms with Crippen LogP contribution in [0.4, 0.5) is 0 Å². The van der Waals surface area contributed by atoms with Gasteiger partial charge in [0.15, 0.2) is 5.78 Å². The van der Waals surface area contributed by atoms with Crippen LogP contribution in [0.5, 0.6) is 0 Å². The maximum absolute atomic E-state index is 12.7. The molecule has 1 N–H and O–H groups in total. The standard InChI is InChI=1S/C20H21BrN2O3S/c1-22(2)10-13-17-15(9-14(21)19(13)24)23(3)16(18(17)20(25)26)11-27-12-7-5-4-6-8-12/h4-9,14H,10-11H2,1-3H3,(H,25,26). The van der Waals surface area contributed by atoms with Gasteiger partial charge in [-0.2, -0.15) is 0 Å². The summed E-state index contributed by atoms with van der Waals surface area (Å²) >= 11 is 5.01. The number of carboxylic acid groups (broad SMARTS) is 1. The zero-order valence-corrected chi connectivity index (χ0v) is 17.8. The second kappa shape index (κ2) is 8.04. The zero-order chi connectivity index (χ0) is 19.7. The minimum atomic E-state index is -0.999. The van der Waals surface area contributed by atoms with E-state index < -0.39 is 10.8 Å². The highest BCUT2D eigenvalue weighted by Gasteiger charge is 2.29. The number of nitrogens with zero attached hydrogens (tertiary/aromatic N) is 2. The highest BCUT2D eigenvalue weighted by Crippen LogP contribution is 2.24. The summed E-state index contributed by atoms with van der Waals surface area (Å²) in [6.07, 6.45) is 1.81. The molecule has 1 aliphatic rings. The molecule has 5 nitrogen and oxygen atoms in total. The average Bonchev–Trinajstić information content (AvgIpc) is 2.90. The van der Waals surface area contributed by atoms with Gasteiger partial charge in [0.25, 0.3) is 0 Å². The molecule has 1 unspecified atom stereocenters. The first kappa shape index (κ1) is 19.9. The molecular weight excluding hydrogens is 428 g/mol. The zero-order valence-electron chi connectivity index (χ0n) is 15.4. The van der Waals surface area contributed by atoms with Crippen LogP contribution in [-0.2, 0) is 17.6 Å². The second-order valence-corrected chi connectivity index (χ2v) is 8.73. The maximum Gasteiger partial charge on any atom is 0.338 e. The van der Waals surface area contributed by atoms with Gasteiger partial charge < -0.3 is 14.6 Å². The lowest BCUT2D eigenvalue weighted by Crippen LogP contribution is -2.43. The number of alkyl halides is 1. The van der Waals surface area contributed by atoms with Crippen LogP contribution in [-0.4, -0.2) is 51.8 Å². The summed E-state index contributed by atoms with van der Waals surface area (Å²) in [5.74, 6) is -0.563. The lowest BCUT2D eigenvalue weighted by atomic mass is 9.98. The fourth-order valence-corrected chi connectivity index (χ4v) is 4.82. The number of rotatable bonds is 6. The summed E-state index contributed by atoms with van der Waals surface area (Å²) in [6.45, 7) is 0.400. The largest absolute Gasteiger partial charge is 0.478 e. The Morgan fingerprint density at radius 2 is 1.96 bits per heavy atom. The molecule has 0 spiro atoms. The molecule has 0 fully saturated rings. The van der Waals surface area contributed by atoms with E-state index in [4.69, 9.17) is 0 Å². The minimum Gasteiger partial charge on any atom is -0.478 e. The first-order valence-corrected chi connectivity index (χ1v) is 10.4. The number of hydrogen-bond acceptors (Lipinski definition) is 4. The number of aromatic nitrogens is 1. The maximum atomic E-state index is 12.7. The van der Waals surface area contributed by atoms with E-state index in [1.54, 1.807) is 17.8 Å². The predicted molar refractivity (Wildman–Crippen MR) is 112 cm³/mol. The third kappa shape index (κ3) is 3.90. The molecule has 1 heterocycles. The van der Waals surface area contributed by atoms with Crippen LogP contribution < -0.4 is 10.6 Å². The first-order chi connectivity index (χ1) is 12.8. The summed E-state index contributed by atoms with van der Waals surface area (Å²) in [7, 11) is 5.61. The predicted octanol–water partition coefficient (Wildman–Crippen LogP) is 1.85. The molecule has 0 radical (unpaired) electrons. The van der Waals surface area contributed by atoms with E-state index in [-0.39, 0.29) is 11.3 Å². The van der Waals surface area contributed by atoms with Crippen molar-refractivity contribution in [3.8, 4) is 0 Å². The van der Waals surface area contributed by atoms with Gasteiger partial charge in [-0.15, -0.1) is 11.8 Å². The van der Waals surface area contributed by atoms with Crippen molar-refractivity contribution in [1.29, 1.82) is 0 Å². The summed E-state index contributed by atoms with van der Waals surface area (Å²) in [5.41, 5.74) is 1.49. The van der Waals surface area contributed by atoms with E-state index in [0.29, 0.717) is 28.8 Å². The van der Waals surface area contributed by atoms with E-state index in [9.17, 15) is 14.7 Å². The van der Waals surface area contributed by atoms with Crippen molar-refractivity contribution in [2.45, 2.75) is 15.5 Å². The molecule has 0 saturated carbocycles. The number of carbonyl (C=O) groups excluding carboxylic acids is 1. The Morgan fingerprint density at radius 1 is 1.30 bits per heavy atom. The summed E-state index contributed by atoms with van der Waals surface area (Å²) in [6, 6.07) is 9.87. The van der Waals surface area contributed by atoms with Crippen LogP contribution in [0.3, 0.4) is 0 Å². The molecule has 2 aromatic rings. The number of ketones is 1. The van der Waals surface area contributed by atoms with Crippen molar-refractivity contribution >= 4 is 51.1 Å². The topological polar surface area (TPSA) is 62.5 Å². The highest BCUT2D eigenvalue weighted by atomic mass is 79.9. The Kier molecular flexibility index (Phi) is 5.93. The number of hydrogen-bond donors (Lipinski definition) is 1. The molecule has 1 aromatic heterocycles. The Balaban J connectivity index is 2.21. The molecule has 3 rings (SSSR count). The van der Waals surface area contributed by atoms with E-state index in [1.165, 1.54) is 0 Å².